The van der Waals surface area contributed by atoms with E-state index in [1.165, 1.54) is 12.3 Å². The van der Waals surface area contributed by atoms with Crippen LogP contribution >= 0.6 is 23.4 Å². The van der Waals surface area contributed by atoms with E-state index in [9.17, 15) is 4.79 Å². The number of aromatic nitrogens is 1. The highest BCUT2D eigenvalue weighted by molar-refractivity contribution is 7.99. The number of carbonyl (C=O) groups is 1. The van der Waals surface area contributed by atoms with Gasteiger partial charge in [-0.3, -0.25) is 4.79 Å². The molecule has 1 amide bonds. The topological polar surface area (TPSA) is 68.0 Å². The summed E-state index contributed by atoms with van der Waals surface area (Å²) in [4.78, 5) is 16.1. The number of nitrogens with zero attached hydrogens (tertiary/aromatic N) is 1. The van der Waals surface area contributed by atoms with E-state index >= 15 is 0 Å². The van der Waals surface area contributed by atoms with E-state index in [2.05, 4.69) is 17.2 Å². The number of nitrogens with two attached hydrogens (primary N) is 1. The summed E-state index contributed by atoms with van der Waals surface area (Å²) in [6.07, 6.45) is 4.77. The molecule has 0 bridgehead atoms. The molecule has 1 aromatic rings. The van der Waals surface area contributed by atoms with Gasteiger partial charge < -0.3 is 11.1 Å². The summed E-state index contributed by atoms with van der Waals surface area (Å²) in [6, 6.07) is 1.75. The molecule has 2 unspecified atom stereocenters. The average Bonchev–Trinajstić information content (AvgIpc) is 2.80. The predicted octanol–water partition coefficient (Wildman–Crippen LogP) is 2.72. The second-order valence-electron chi connectivity index (χ2n) is 4.59. The molecule has 0 saturated heterocycles. The number of anilines is 1. The molecule has 0 spiro atoms. The number of hydrogen-bond donors (Lipinski definition) is 2. The van der Waals surface area contributed by atoms with Crippen molar-refractivity contribution in [3.8, 4) is 0 Å². The van der Waals surface area contributed by atoms with Crippen LogP contribution in [0.1, 0.15) is 36.5 Å². The molecule has 1 fully saturated rings. The SMILES string of the molecule is CCSC1CCCC1NC(=O)c1cc(N)ncc1Cl. The van der Waals surface area contributed by atoms with Crippen LogP contribution in [0.4, 0.5) is 5.82 Å². The first kappa shape index (κ1) is 14.5. The monoisotopic (exact) mass is 299 g/mol. The molecule has 0 aromatic carbocycles. The van der Waals surface area contributed by atoms with Crippen molar-refractivity contribution in [2.45, 2.75) is 37.5 Å². The predicted molar refractivity (Wildman–Crippen MR) is 80.7 cm³/mol. The summed E-state index contributed by atoms with van der Waals surface area (Å²) in [7, 11) is 0. The molecule has 1 aromatic heterocycles. The Morgan fingerprint density at radius 3 is 3.16 bits per heavy atom. The number of carbonyl (C=O) groups excluding carboxylic acids is 1. The number of rotatable bonds is 4. The van der Waals surface area contributed by atoms with Gasteiger partial charge in [-0.1, -0.05) is 24.9 Å². The van der Waals surface area contributed by atoms with Crippen molar-refractivity contribution in [1.29, 1.82) is 0 Å². The van der Waals surface area contributed by atoms with E-state index < -0.39 is 0 Å². The fourth-order valence-corrected chi connectivity index (χ4v) is 3.77. The zero-order chi connectivity index (χ0) is 13.8. The van der Waals surface area contributed by atoms with Gasteiger partial charge in [0.1, 0.15) is 5.82 Å². The van der Waals surface area contributed by atoms with Gasteiger partial charge in [-0.2, -0.15) is 11.8 Å². The maximum absolute atomic E-state index is 12.2. The summed E-state index contributed by atoms with van der Waals surface area (Å²) in [6.45, 7) is 2.14. The van der Waals surface area contributed by atoms with E-state index in [1.807, 2.05) is 11.8 Å². The second-order valence-corrected chi connectivity index (χ2v) is 6.52. The normalized spacial score (nSPS) is 22.4. The lowest BCUT2D eigenvalue weighted by molar-refractivity contribution is 0.0939. The van der Waals surface area contributed by atoms with Crippen molar-refractivity contribution in [3.05, 3.63) is 22.8 Å². The van der Waals surface area contributed by atoms with Gasteiger partial charge in [0.05, 0.1) is 10.6 Å². The zero-order valence-corrected chi connectivity index (χ0v) is 12.4. The first-order chi connectivity index (χ1) is 9.11. The largest absolute Gasteiger partial charge is 0.384 e. The molecule has 2 atom stereocenters. The third-order valence-electron chi connectivity index (χ3n) is 3.27. The van der Waals surface area contributed by atoms with Crippen molar-refractivity contribution < 1.29 is 4.79 Å². The van der Waals surface area contributed by atoms with Gasteiger partial charge in [-0.15, -0.1) is 0 Å². The van der Waals surface area contributed by atoms with Gasteiger partial charge >= 0.3 is 0 Å². The second kappa shape index (κ2) is 6.48. The number of nitrogens with one attached hydrogen (secondary N) is 1. The van der Waals surface area contributed by atoms with Crippen LogP contribution in [0.3, 0.4) is 0 Å². The Balaban J connectivity index is 2.06. The molecule has 1 aliphatic carbocycles. The molecule has 0 radical (unpaired) electrons. The minimum absolute atomic E-state index is 0.160. The van der Waals surface area contributed by atoms with E-state index in [1.54, 1.807) is 0 Å². The maximum Gasteiger partial charge on any atom is 0.253 e. The van der Waals surface area contributed by atoms with Crippen molar-refractivity contribution in [2.75, 3.05) is 11.5 Å². The van der Waals surface area contributed by atoms with Gasteiger partial charge in [0.15, 0.2) is 0 Å². The lowest BCUT2D eigenvalue weighted by atomic mass is 10.2. The number of thioether (sulfide) groups is 1. The Morgan fingerprint density at radius 2 is 2.42 bits per heavy atom. The van der Waals surface area contributed by atoms with Crippen LogP contribution < -0.4 is 11.1 Å². The van der Waals surface area contributed by atoms with Gasteiger partial charge in [-0.05, 0) is 24.7 Å². The number of halogens is 1. The summed E-state index contributed by atoms with van der Waals surface area (Å²) in [5.41, 5.74) is 6.00. The number of amides is 1. The molecule has 1 heterocycles. The highest BCUT2D eigenvalue weighted by Gasteiger charge is 2.29. The Hall–Kier alpha value is -0.940. The lowest BCUT2D eigenvalue weighted by Crippen LogP contribution is -2.39. The van der Waals surface area contributed by atoms with Crippen molar-refractivity contribution in [3.63, 3.8) is 0 Å². The molecular formula is C13H18ClN3OS. The molecule has 1 saturated carbocycles. The van der Waals surface area contributed by atoms with Crippen LogP contribution in [-0.4, -0.2) is 27.9 Å². The van der Waals surface area contributed by atoms with E-state index in [-0.39, 0.29) is 11.9 Å². The third-order valence-corrected chi connectivity index (χ3v) is 4.90. The van der Waals surface area contributed by atoms with E-state index in [4.69, 9.17) is 17.3 Å². The molecule has 104 valence electrons. The summed E-state index contributed by atoms with van der Waals surface area (Å²) in [5.74, 6) is 1.22. The third kappa shape index (κ3) is 3.54. The summed E-state index contributed by atoms with van der Waals surface area (Å²) < 4.78 is 0. The number of hydrogen-bond acceptors (Lipinski definition) is 4. The number of pyridine rings is 1. The van der Waals surface area contributed by atoms with Crippen molar-refractivity contribution >= 4 is 35.1 Å². The fraction of sp³-hybridized carbons (Fsp3) is 0.538. The Labute approximate surface area is 122 Å². The quantitative estimate of drug-likeness (QED) is 0.897. The molecule has 0 aliphatic heterocycles. The van der Waals surface area contributed by atoms with Gasteiger partial charge in [0.25, 0.3) is 5.91 Å². The first-order valence-corrected chi connectivity index (χ1v) is 7.88. The maximum atomic E-state index is 12.2. The van der Waals surface area contributed by atoms with Crippen LogP contribution in [0.2, 0.25) is 5.02 Å². The summed E-state index contributed by atoms with van der Waals surface area (Å²) >= 11 is 7.90. The zero-order valence-electron chi connectivity index (χ0n) is 10.9. The van der Waals surface area contributed by atoms with Crippen LogP contribution in [0.25, 0.3) is 0 Å². The standard InChI is InChI=1S/C13H18ClN3OS/c1-2-19-11-5-3-4-10(11)17-13(18)8-6-12(15)16-7-9(8)14/h6-7,10-11H,2-5H2,1H3,(H2,15,16)(H,17,18). The minimum Gasteiger partial charge on any atom is -0.384 e. The molecule has 4 nitrogen and oxygen atoms in total. The van der Waals surface area contributed by atoms with Gasteiger partial charge in [-0.25, -0.2) is 4.98 Å². The molecule has 19 heavy (non-hydrogen) atoms. The van der Waals surface area contributed by atoms with Gasteiger partial charge in [0, 0.05) is 17.5 Å². The molecule has 6 heteroatoms. The highest BCUT2D eigenvalue weighted by atomic mass is 35.5. The average molecular weight is 300 g/mol. The first-order valence-electron chi connectivity index (χ1n) is 6.45. The Bertz CT molecular complexity index is 469. The fourth-order valence-electron chi connectivity index (χ4n) is 2.38. The minimum atomic E-state index is -0.160. The van der Waals surface area contributed by atoms with Gasteiger partial charge in [0.2, 0.25) is 0 Å². The van der Waals surface area contributed by atoms with Crippen LogP contribution in [0.5, 0.6) is 0 Å². The van der Waals surface area contributed by atoms with Crippen molar-refractivity contribution in [1.82, 2.24) is 10.3 Å². The number of nitrogen functional groups attached to an aromatic ring is 1. The van der Waals surface area contributed by atoms with E-state index in [0.29, 0.717) is 21.7 Å². The molecule has 3 N–H and O–H groups in total. The van der Waals surface area contributed by atoms with E-state index in [0.717, 1.165) is 25.0 Å². The van der Waals surface area contributed by atoms with Crippen molar-refractivity contribution in [2.24, 2.45) is 0 Å². The Kier molecular flexibility index (Phi) is 4.93. The van der Waals surface area contributed by atoms with Crippen LogP contribution in [0.15, 0.2) is 12.3 Å². The van der Waals surface area contributed by atoms with Crippen LogP contribution in [-0.2, 0) is 0 Å². The molecular weight excluding hydrogens is 282 g/mol. The lowest BCUT2D eigenvalue weighted by Gasteiger charge is -2.20. The highest BCUT2D eigenvalue weighted by Crippen LogP contribution is 2.30. The smallest absolute Gasteiger partial charge is 0.253 e. The molecule has 1 aliphatic rings. The molecule has 2 rings (SSSR count). The summed E-state index contributed by atoms with van der Waals surface area (Å²) in [5, 5.41) is 3.91. The van der Waals surface area contributed by atoms with Crippen LogP contribution in [0, 0.1) is 0 Å². The Morgan fingerprint density at radius 1 is 1.63 bits per heavy atom.